The molecule has 2 saturated heterocycles. The van der Waals surface area contributed by atoms with Crippen LogP contribution in [0.5, 0.6) is 0 Å². The van der Waals surface area contributed by atoms with Crippen molar-refractivity contribution in [1.82, 2.24) is 10.2 Å². The third-order valence-corrected chi connectivity index (χ3v) is 2.39. The Morgan fingerprint density at radius 2 is 2.00 bits per heavy atom. The Kier molecular flexibility index (Phi) is 3.95. The highest BCUT2D eigenvalue weighted by molar-refractivity contribution is 5.85. The summed E-state index contributed by atoms with van der Waals surface area (Å²) in [5, 5.41) is 3.37. The standard InChI is InChI=1S/C6H12N2.2ClH/c1-8-4-5-2-7-3-6(5)8;;/h5-7H,2-4H2,1H3;2*1H/t5-,6-;;/m1../s1. The van der Waals surface area contributed by atoms with E-state index >= 15 is 0 Å². The summed E-state index contributed by atoms with van der Waals surface area (Å²) in [6.07, 6.45) is 0. The van der Waals surface area contributed by atoms with Crippen LogP contribution in [-0.2, 0) is 0 Å². The van der Waals surface area contributed by atoms with Gasteiger partial charge in [-0.25, -0.2) is 0 Å². The molecule has 4 heteroatoms. The normalized spacial score (nSPS) is 36.9. The van der Waals surface area contributed by atoms with Gasteiger partial charge in [0.25, 0.3) is 0 Å². The minimum atomic E-state index is 0. The Balaban J connectivity index is 0.000000405. The summed E-state index contributed by atoms with van der Waals surface area (Å²) in [4.78, 5) is 2.42. The Hall–Kier alpha value is 0.500. The number of hydrogen-bond donors (Lipinski definition) is 1. The molecule has 0 aromatic rings. The van der Waals surface area contributed by atoms with Gasteiger partial charge < -0.3 is 10.2 Å². The monoisotopic (exact) mass is 184 g/mol. The van der Waals surface area contributed by atoms with E-state index in [1.54, 1.807) is 0 Å². The molecular formula is C6H14Cl2N2. The van der Waals surface area contributed by atoms with Crippen LogP contribution in [0.1, 0.15) is 0 Å². The van der Waals surface area contributed by atoms with E-state index in [4.69, 9.17) is 0 Å². The van der Waals surface area contributed by atoms with Crippen molar-refractivity contribution in [2.45, 2.75) is 6.04 Å². The molecule has 2 nitrogen and oxygen atoms in total. The fraction of sp³-hybridized carbons (Fsp3) is 1.00. The Morgan fingerprint density at radius 1 is 1.30 bits per heavy atom. The maximum Gasteiger partial charge on any atom is 0.0270 e. The van der Waals surface area contributed by atoms with Gasteiger partial charge >= 0.3 is 0 Å². The van der Waals surface area contributed by atoms with Gasteiger partial charge in [0.15, 0.2) is 0 Å². The molecule has 0 radical (unpaired) electrons. The second-order valence-corrected chi connectivity index (χ2v) is 2.93. The van der Waals surface area contributed by atoms with Crippen LogP contribution in [-0.4, -0.2) is 37.6 Å². The smallest absolute Gasteiger partial charge is 0.0270 e. The highest BCUT2D eigenvalue weighted by Gasteiger charge is 2.39. The van der Waals surface area contributed by atoms with Crippen molar-refractivity contribution in [3.8, 4) is 0 Å². The van der Waals surface area contributed by atoms with Crippen molar-refractivity contribution >= 4 is 24.8 Å². The van der Waals surface area contributed by atoms with Crippen LogP contribution < -0.4 is 5.32 Å². The van der Waals surface area contributed by atoms with Crippen LogP contribution in [0.15, 0.2) is 0 Å². The van der Waals surface area contributed by atoms with E-state index in [0.717, 1.165) is 12.0 Å². The first-order valence-corrected chi connectivity index (χ1v) is 3.29. The molecule has 0 aromatic carbocycles. The molecule has 62 valence electrons. The van der Waals surface area contributed by atoms with Crippen molar-refractivity contribution in [2.24, 2.45) is 5.92 Å². The number of likely N-dealkylation sites (tertiary alicyclic amines) is 1. The minimum absolute atomic E-state index is 0. The fourth-order valence-corrected chi connectivity index (χ4v) is 1.79. The SMILES string of the molecule is CN1C[C@H]2CNC[C@H]21.Cl.Cl. The molecule has 0 amide bonds. The van der Waals surface area contributed by atoms with E-state index in [1.807, 2.05) is 0 Å². The van der Waals surface area contributed by atoms with Gasteiger partial charge in [-0.15, -0.1) is 24.8 Å². The van der Waals surface area contributed by atoms with Crippen LogP contribution in [0.3, 0.4) is 0 Å². The van der Waals surface area contributed by atoms with Crippen LogP contribution in [0.2, 0.25) is 0 Å². The van der Waals surface area contributed by atoms with Crippen molar-refractivity contribution in [3.63, 3.8) is 0 Å². The fourth-order valence-electron chi connectivity index (χ4n) is 1.79. The number of likely N-dealkylation sites (N-methyl/N-ethyl adjacent to an activating group) is 1. The second-order valence-electron chi connectivity index (χ2n) is 2.93. The highest BCUT2D eigenvalue weighted by atomic mass is 35.5. The first-order valence-electron chi connectivity index (χ1n) is 3.29. The van der Waals surface area contributed by atoms with Gasteiger partial charge in [0.05, 0.1) is 0 Å². The predicted octanol–water partition coefficient (Wildman–Crippen LogP) is 0.363. The maximum absolute atomic E-state index is 3.37. The van der Waals surface area contributed by atoms with Crippen molar-refractivity contribution in [2.75, 3.05) is 26.7 Å². The molecule has 2 fully saturated rings. The van der Waals surface area contributed by atoms with Crippen LogP contribution in [0.25, 0.3) is 0 Å². The molecule has 2 heterocycles. The van der Waals surface area contributed by atoms with E-state index in [-0.39, 0.29) is 24.8 Å². The number of halogens is 2. The summed E-state index contributed by atoms with van der Waals surface area (Å²) in [7, 11) is 2.20. The molecule has 0 aromatic heterocycles. The molecular weight excluding hydrogens is 171 g/mol. The number of hydrogen-bond acceptors (Lipinski definition) is 2. The molecule has 0 bridgehead atoms. The zero-order valence-electron chi connectivity index (χ0n) is 6.04. The third-order valence-electron chi connectivity index (χ3n) is 2.39. The lowest BCUT2D eigenvalue weighted by Crippen LogP contribution is -2.52. The van der Waals surface area contributed by atoms with Crippen LogP contribution >= 0.6 is 24.8 Å². The van der Waals surface area contributed by atoms with E-state index in [0.29, 0.717) is 0 Å². The summed E-state index contributed by atoms with van der Waals surface area (Å²) < 4.78 is 0. The zero-order chi connectivity index (χ0) is 5.56. The summed E-state index contributed by atoms with van der Waals surface area (Å²) in [6, 6.07) is 0.884. The van der Waals surface area contributed by atoms with Crippen LogP contribution in [0, 0.1) is 5.92 Å². The molecule has 0 spiro atoms. The van der Waals surface area contributed by atoms with Gasteiger partial charge in [-0.2, -0.15) is 0 Å². The average molecular weight is 185 g/mol. The molecule has 0 saturated carbocycles. The number of fused-ring (bicyclic) bond motifs is 1. The maximum atomic E-state index is 3.37. The Bertz CT molecular complexity index is 110. The predicted molar refractivity (Wildman–Crippen MR) is 47.3 cm³/mol. The first kappa shape index (κ1) is 10.5. The number of nitrogens with zero attached hydrogens (tertiary/aromatic N) is 1. The molecule has 0 unspecified atom stereocenters. The topological polar surface area (TPSA) is 15.3 Å². The Labute approximate surface area is 74.2 Å². The summed E-state index contributed by atoms with van der Waals surface area (Å²) in [5.74, 6) is 0.986. The largest absolute Gasteiger partial charge is 0.315 e. The highest BCUT2D eigenvalue weighted by Crippen LogP contribution is 2.24. The van der Waals surface area contributed by atoms with Gasteiger partial charge in [-0.1, -0.05) is 0 Å². The van der Waals surface area contributed by atoms with Gasteiger partial charge in [0.1, 0.15) is 0 Å². The van der Waals surface area contributed by atoms with Gasteiger partial charge in [-0.3, -0.25) is 0 Å². The number of nitrogens with one attached hydrogen (secondary N) is 1. The zero-order valence-corrected chi connectivity index (χ0v) is 7.67. The van der Waals surface area contributed by atoms with Crippen molar-refractivity contribution in [3.05, 3.63) is 0 Å². The quantitative estimate of drug-likeness (QED) is 0.586. The molecule has 1 N–H and O–H groups in total. The van der Waals surface area contributed by atoms with E-state index < -0.39 is 0 Å². The lowest BCUT2D eigenvalue weighted by molar-refractivity contribution is 0.0827. The molecule has 0 aliphatic carbocycles. The summed E-state index contributed by atoms with van der Waals surface area (Å²) in [6.45, 7) is 3.80. The van der Waals surface area contributed by atoms with E-state index in [1.165, 1.54) is 19.6 Å². The molecule has 10 heavy (non-hydrogen) atoms. The lowest BCUT2D eigenvalue weighted by atomic mass is 9.93. The van der Waals surface area contributed by atoms with Crippen molar-refractivity contribution < 1.29 is 0 Å². The van der Waals surface area contributed by atoms with Crippen molar-refractivity contribution in [1.29, 1.82) is 0 Å². The van der Waals surface area contributed by atoms with E-state index in [2.05, 4.69) is 17.3 Å². The first-order chi connectivity index (χ1) is 3.88. The Morgan fingerprint density at radius 3 is 2.40 bits per heavy atom. The second kappa shape index (κ2) is 3.77. The minimum Gasteiger partial charge on any atom is -0.315 e. The van der Waals surface area contributed by atoms with Gasteiger partial charge in [-0.05, 0) is 7.05 Å². The average Bonchev–Trinajstić information content (AvgIpc) is 2.09. The van der Waals surface area contributed by atoms with Crippen LogP contribution in [0.4, 0.5) is 0 Å². The number of rotatable bonds is 0. The summed E-state index contributed by atoms with van der Waals surface area (Å²) in [5.41, 5.74) is 0. The third kappa shape index (κ3) is 1.40. The molecule has 2 rings (SSSR count). The summed E-state index contributed by atoms with van der Waals surface area (Å²) >= 11 is 0. The lowest BCUT2D eigenvalue weighted by Gasteiger charge is -2.40. The van der Waals surface area contributed by atoms with Gasteiger partial charge in [0, 0.05) is 31.6 Å². The molecule has 2 aliphatic rings. The molecule has 2 aliphatic heterocycles. The molecule has 2 atom stereocenters. The van der Waals surface area contributed by atoms with E-state index in [9.17, 15) is 0 Å². The van der Waals surface area contributed by atoms with Gasteiger partial charge in [0.2, 0.25) is 0 Å².